The number of fused-ring (bicyclic) bond motifs is 1. The van der Waals surface area contributed by atoms with Crippen molar-refractivity contribution in [1.29, 1.82) is 0 Å². The number of pyridine rings is 1. The highest BCUT2D eigenvalue weighted by molar-refractivity contribution is 5.82. The van der Waals surface area contributed by atoms with Gasteiger partial charge in [0.05, 0.1) is 7.11 Å². The Morgan fingerprint density at radius 1 is 1.45 bits per heavy atom. The minimum Gasteiger partial charge on any atom is -0.494 e. The summed E-state index contributed by atoms with van der Waals surface area (Å²) in [6.07, 6.45) is 3.12. The van der Waals surface area contributed by atoms with Gasteiger partial charge in [0.1, 0.15) is 12.1 Å². The Kier molecular flexibility index (Phi) is 1.25. The van der Waals surface area contributed by atoms with Gasteiger partial charge in [0.2, 0.25) is 0 Å². The van der Waals surface area contributed by atoms with Gasteiger partial charge < -0.3 is 4.74 Å². The largest absolute Gasteiger partial charge is 0.494 e. The van der Waals surface area contributed by atoms with Crippen LogP contribution >= 0.6 is 0 Å². The molecule has 0 fully saturated rings. The molecule has 0 amide bonds. The van der Waals surface area contributed by atoms with Crippen molar-refractivity contribution in [2.75, 3.05) is 7.11 Å². The van der Waals surface area contributed by atoms with Gasteiger partial charge in [-0.25, -0.2) is 15.3 Å². The van der Waals surface area contributed by atoms with Crippen molar-refractivity contribution in [2.45, 2.75) is 0 Å². The Bertz CT molecular complexity index is 309. The van der Waals surface area contributed by atoms with E-state index in [-0.39, 0.29) is 0 Å². The van der Waals surface area contributed by atoms with E-state index in [2.05, 4.69) is 15.3 Å². The van der Waals surface area contributed by atoms with Crippen LogP contribution in [0.4, 0.5) is 11.5 Å². The first-order valence-corrected chi connectivity index (χ1v) is 3.18. The summed E-state index contributed by atoms with van der Waals surface area (Å²) in [5.74, 6) is 1.34. The zero-order valence-corrected chi connectivity index (χ0v) is 5.98. The predicted molar refractivity (Wildman–Crippen MR) is 40.7 cm³/mol. The van der Waals surface area contributed by atoms with Crippen LogP contribution in [0.1, 0.15) is 0 Å². The van der Waals surface area contributed by atoms with Crippen LogP contribution in [-0.4, -0.2) is 18.4 Å². The summed E-state index contributed by atoms with van der Waals surface area (Å²) in [7, 11) is 1.60. The number of hydrogen-bond donors (Lipinski definition) is 0. The molecule has 55 valence electrons. The van der Waals surface area contributed by atoms with Crippen molar-refractivity contribution < 1.29 is 4.74 Å². The average Bonchev–Trinajstić information content (AvgIpc) is 2.50. The lowest BCUT2D eigenvalue weighted by atomic mass is 10.4. The minimum atomic E-state index is 0.629. The minimum absolute atomic E-state index is 0.629. The van der Waals surface area contributed by atoms with E-state index < -0.39 is 0 Å². The maximum Gasteiger partial charge on any atom is 0.183 e. The van der Waals surface area contributed by atoms with Gasteiger partial charge in [-0.2, -0.15) is 0 Å². The third-order valence-electron chi connectivity index (χ3n) is 1.45. The second-order valence-corrected chi connectivity index (χ2v) is 2.06. The van der Waals surface area contributed by atoms with Crippen LogP contribution in [0.3, 0.4) is 0 Å². The Hall–Kier alpha value is -1.58. The Balaban J connectivity index is 2.57. The summed E-state index contributed by atoms with van der Waals surface area (Å²) in [5, 5.41) is 3.93. The third kappa shape index (κ3) is 0.832. The molecule has 1 aliphatic rings. The summed E-state index contributed by atoms with van der Waals surface area (Å²) in [6, 6.07) is 1.76. The highest BCUT2D eigenvalue weighted by Crippen LogP contribution is 2.35. The fourth-order valence-electron chi connectivity index (χ4n) is 0.948. The summed E-state index contributed by atoms with van der Waals surface area (Å²) in [5.41, 5.74) is 0.718. The van der Waals surface area contributed by atoms with E-state index >= 15 is 0 Å². The van der Waals surface area contributed by atoms with Crippen LogP contribution in [0.25, 0.3) is 0 Å². The van der Waals surface area contributed by atoms with Crippen molar-refractivity contribution in [3.05, 3.63) is 12.3 Å². The highest BCUT2D eigenvalue weighted by Gasteiger charge is 2.13. The third-order valence-corrected chi connectivity index (χ3v) is 1.45. The quantitative estimate of drug-likeness (QED) is 0.596. The van der Waals surface area contributed by atoms with Crippen LogP contribution < -0.4 is 10.1 Å². The summed E-state index contributed by atoms with van der Waals surface area (Å²) in [6.45, 7) is 0. The highest BCUT2D eigenvalue weighted by atomic mass is 16.5. The van der Waals surface area contributed by atoms with Gasteiger partial charge in [-0.1, -0.05) is 0 Å². The fraction of sp³-hybridized carbons (Fsp3) is 0.143. The van der Waals surface area contributed by atoms with Crippen LogP contribution in [0.5, 0.6) is 5.75 Å². The number of ether oxygens (including phenoxy) is 1. The Morgan fingerprint density at radius 2 is 2.36 bits per heavy atom. The molecule has 0 unspecified atom stereocenters. The first-order valence-electron chi connectivity index (χ1n) is 3.18. The summed E-state index contributed by atoms with van der Waals surface area (Å²) in [4.78, 5) is 7.99. The molecule has 11 heavy (non-hydrogen) atoms. The maximum absolute atomic E-state index is 5.04. The van der Waals surface area contributed by atoms with Gasteiger partial charge in [0.25, 0.3) is 0 Å². The molecule has 0 saturated heterocycles. The Labute approximate surface area is 63.9 Å². The monoisotopic (exact) mass is 148 g/mol. The molecule has 4 heteroatoms. The van der Waals surface area contributed by atoms with E-state index in [1.165, 1.54) is 6.34 Å². The molecule has 0 aromatic carbocycles. The van der Waals surface area contributed by atoms with Crippen molar-refractivity contribution in [3.8, 4) is 5.75 Å². The van der Waals surface area contributed by atoms with E-state index in [1.807, 2.05) is 0 Å². The van der Waals surface area contributed by atoms with Crippen LogP contribution in [0.2, 0.25) is 0 Å². The van der Waals surface area contributed by atoms with Gasteiger partial charge in [0, 0.05) is 12.3 Å². The van der Waals surface area contributed by atoms with Crippen LogP contribution in [-0.2, 0) is 0 Å². The lowest BCUT2D eigenvalue weighted by molar-refractivity contribution is 0.416. The zero-order valence-electron chi connectivity index (χ0n) is 5.98. The molecule has 4 nitrogen and oxygen atoms in total. The number of aromatic nitrogens is 1. The molecule has 0 saturated carbocycles. The first-order chi connectivity index (χ1) is 5.42. The lowest BCUT2D eigenvalue weighted by Crippen LogP contribution is -1.89. The fourth-order valence-corrected chi connectivity index (χ4v) is 0.948. The van der Waals surface area contributed by atoms with Crippen molar-refractivity contribution in [1.82, 2.24) is 10.3 Å². The maximum atomic E-state index is 5.04. The van der Waals surface area contributed by atoms with Gasteiger partial charge in [-0.15, -0.1) is 0 Å². The van der Waals surface area contributed by atoms with Gasteiger partial charge in [-0.3, -0.25) is 0 Å². The molecule has 1 aromatic rings. The second kappa shape index (κ2) is 2.23. The number of rotatable bonds is 1. The van der Waals surface area contributed by atoms with E-state index in [4.69, 9.17) is 4.74 Å². The molecule has 0 aliphatic carbocycles. The predicted octanol–water partition coefficient (Wildman–Crippen LogP) is 0.999. The van der Waals surface area contributed by atoms with Crippen LogP contribution in [0.15, 0.2) is 17.3 Å². The van der Waals surface area contributed by atoms with E-state index in [0.29, 0.717) is 11.6 Å². The molecule has 2 heterocycles. The second-order valence-electron chi connectivity index (χ2n) is 2.06. The van der Waals surface area contributed by atoms with Crippen molar-refractivity contribution >= 4 is 17.8 Å². The average molecular weight is 148 g/mol. The lowest BCUT2D eigenvalue weighted by Gasteiger charge is -2.01. The van der Waals surface area contributed by atoms with Crippen molar-refractivity contribution in [2.24, 2.45) is 4.99 Å². The molecule has 1 aromatic heterocycles. The van der Waals surface area contributed by atoms with Gasteiger partial charge in [-0.05, 0) is 0 Å². The van der Waals surface area contributed by atoms with E-state index in [9.17, 15) is 0 Å². The Morgan fingerprint density at radius 3 is 3.18 bits per heavy atom. The normalized spacial score (nSPS) is 12.5. The number of nitrogens with zero attached hydrogens (tertiary/aromatic N) is 3. The topological polar surface area (TPSA) is 48.6 Å². The molecule has 1 aliphatic heterocycles. The molecule has 0 bridgehead atoms. The summed E-state index contributed by atoms with van der Waals surface area (Å²) < 4.78 is 5.04. The molecule has 1 radical (unpaired) electrons. The van der Waals surface area contributed by atoms with Crippen LogP contribution in [0, 0.1) is 0 Å². The number of hydrogen-bond acceptors (Lipinski definition) is 3. The molecule has 0 atom stereocenters. The number of methoxy groups -OCH3 is 1. The zero-order chi connectivity index (χ0) is 7.68. The van der Waals surface area contributed by atoms with Crippen molar-refractivity contribution in [3.63, 3.8) is 0 Å². The molecule has 0 N–H and O–H groups in total. The number of aliphatic imine (C=N–C) groups is 1. The molecular formula is C7H6N3O. The molecule has 2 rings (SSSR count). The van der Waals surface area contributed by atoms with E-state index in [1.54, 1.807) is 19.4 Å². The summed E-state index contributed by atoms with van der Waals surface area (Å²) >= 11 is 0. The first kappa shape index (κ1) is 6.15. The van der Waals surface area contributed by atoms with Gasteiger partial charge >= 0.3 is 0 Å². The smallest absolute Gasteiger partial charge is 0.183 e. The SMILES string of the molecule is COc1ccnc2c1N=C[N]2. The molecule has 0 spiro atoms. The van der Waals surface area contributed by atoms with Gasteiger partial charge in [0.15, 0.2) is 11.5 Å². The molecular weight excluding hydrogens is 142 g/mol. The standard InChI is InChI=1S/C7H6N3O/c1-11-5-2-3-8-7-6(5)9-4-10-7/h2-4H,1H3. The van der Waals surface area contributed by atoms with E-state index in [0.717, 1.165) is 5.69 Å².